The van der Waals surface area contributed by atoms with Crippen molar-refractivity contribution in [1.82, 2.24) is 15.5 Å². The third-order valence-corrected chi connectivity index (χ3v) is 4.32. The first-order valence-corrected chi connectivity index (χ1v) is 8.91. The predicted octanol–water partition coefficient (Wildman–Crippen LogP) is 4.18. The highest BCUT2D eigenvalue weighted by molar-refractivity contribution is 14.0. The fourth-order valence-electron chi connectivity index (χ4n) is 2.67. The molecule has 0 aliphatic carbocycles. The monoisotopic (exact) mass is 466 g/mol. The minimum Gasteiger partial charge on any atom is -0.352 e. The molecule has 0 saturated heterocycles. The van der Waals surface area contributed by atoms with Crippen LogP contribution in [0.25, 0.3) is 0 Å². The Balaban J connectivity index is 0.00000338. The molecule has 2 rings (SSSR count). The molecule has 2 N–H and O–H groups in total. The predicted molar refractivity (Wildman–Crippen MR) is 122 cm³/mol. The highest BCUT2D eigenvalue weighted by atomic mass is 127. The first kappa shape index (κ1) is 22.4. The van der Waals surface area contributed by atoms with E-state index in [1.807, 2.05) is 6.07 Å². The fourth-order valence-corrected chi connectivity index (χ4v) is 2.67. The van der Waals surface area contributed by atoms with Crippen LogP contribution in [-0.2, 0) is 13.1 Å². The van der Waals surface area contributed by atoms with Crippen molar-refractivity contribution in [3.63, 3.8) is 0 Å². The van der Waals surface area contributed by atoms with Gasteiger partial charge in [-0.3, -0.25) is 4.99 Å². The van der Waals surface area contributed by atoms with Gasteiger partial charge in [-0.1, -0.05) is 61.5 Å². The van der Waals surface area contributed by atoms with Crippen molar-refractivity contribution in [2.75, 3.05) is 20.6 Å². The van der Waals surface area contributed by atoms with E-state index in [4.69, 9.17) is 0 Å². The average molecular weight is 466 g/mol. The van der Waals surface area contributed by atoms with Crippen molar-refractivity contribution in [2.45, 2.75) is 33.0 Å². The lowest BCUT2D eigenvalue weighted by atomic mass is 10.1. The van der Waals surface area contributed by atoms with Crippen LogP contribution in [0.1, 0.15) is 36.6 Å². The molecule has 142 valence electrons. The Bertz CT molecular complexity index is 673. The molecule has 4 nitrogen and oxygen atoms in total. The van der Waals surface area contributed by atoms with Crippen molar-refractivity contribution < 1.29 is 0 Å². The molecule has 0 fully saturated rings. The van der Waals surface area contributed by atoms with E-state index in [1.165, 1.54) is 16.7 Å². The van der Waals surface area contributed by atoms with E-state index in [-0.39, 0.29) is 30.0 Å². The van der Waals surface area contributed by atoms with Crippen molar-refractivity contribution >= 4 is 29.9 Å². The van der Waals surface area contributed by atoms with Crippen LogP contribution in [0.4, 0.5) is 0 Å². The van der Waals surface area contributed by atoms with Crippen LogP contribution >= 0.6 is 24.0 Å². The molecule has 0 spiro atoms. The molecule has 0 radical (unpaired) electrons. The van der Waals surface area contributed by atoms with Gasteiger partial charge in [-0.15, -0.1) is 24.0 Å². The lowest BCUT2D eigenvalue weighted by molar-refractivity contribution is 0.345. The number of benzene rings is 2. The average Bonchev–Trinajstić information content (AvgIpc) is 2.65. The molecule has 0 amide bonds. The Hall–Kier alpha value is -1.60. The lowest BCUT2D eigenvalue weighted by Crippen LogP contribution is -2.38. The molecule has 5 heteroatoms. The highest BCUT2D eigenvalue weighted by Gasteiger charge is 2.07. The summed E-state index contributed by atoms with van der Waals surface area (Å²) in [6.07, 6.45) is 0. The van der Waals surface area contributed by atoms with Gasteiger partial charge in [-0.25, -0.2) is 0 Å². The number of hydrogen-bond acceptors (Lipinski definition) is 2. The number of hydrogen-bond donors (Lipinski definition) is 2. The van der Waals surface area contributed by atoms with Crippen LogP contribution in [0.5, 0.6) is 0 Å². The summed E-state index contributed by atoms with van der Waals surface area (Å²) in [6, 6.07) is 19.3. The molecule has 0 aliphatic heterocycles. The number of rotatable bonds is 7. The third kappa shape index (κ3) is 7.33. The molecule has 26 heavy (non-hydrogen) atoms. The zero-order chi connectivity index (χ0) is 18.1. The first-order valence-electron chi connectivity index (χ1n) is 8.91. The van der Waals surface area contributed by atoms with Gasteiger partial charge in [-0.2, -0.15) is 0 Å². The standard InChI is InChI=1S/C21H30N4.HI/c1-5-25(4)16-19-11-9-10-18(14-19)15-23-21(22-3)24-17(2)20-12-7-6-8-13-20;/h6-14,17H,5,15-16H2,1-4H3,(H2,22,23,24);1H. The summed E-state index contributed by atoms with van der Waals surface area (Å²) in [7, 11) is 3.95. The normalized spacial score (nSPS) is 12.4. The van der Waals surface area contributed by atoms with Crippen LogP contribution < -0.4 is 10.6 Å². The molecule has 0 bridgehead atoms. The second kappa shape index (κ2) is 11.9. The highest BCUT2D eigenvalue weighted by Crippen LogP contribution is 2.11. The van der Waals surface area contributed by atoms with Gasteiger partial charge in [0.05, 0.1) is 6.04 Å². The first-order chi connectivity index (χ1) is 12.1. The van der Waals surface area contributed by atoms with Crippen LogP contribution in [0, 0.1) is 0 Å². The van der Waals surface area contributed by atoms with E-state index < -0.39 is 0 Å². The van der Waals surface area contributed by atoms with Crippen molar-refractivity contribution in [3.05, 3.63) is 71.3 Å². The summed E-state index contributed by atoms with van der Waals surface area (Å²) >= 11 is 0. The van der Waals surface area contributed by atoms with Gasteiger partial charge in [-0.05, 0) is 37.2 Å². The van der Waals surface area contributed by atoms with E-state index >= 15 is 0 Å². The number of guanidine groups is 1. The second-order valence-corrected chi connectivity index (χ2v) is 6.35. The maximum atomic E-state index is 4.34. The van der Waals surface area contributed by atoms with E-state index in [1.54, 1.807) is 7.05 Å². The second-order valence-electron chi connectivity index (χ2n) is 6.35. The maximum Gasteiger partial charge on any atom is 0.191 e. The van der Waals surface area contributed by atoms with Gasteiger partial charge >= 0.3 is 0 Å². The van der Waals surface area contributed by atoms with Crippen LogP contribution in [0.3, 0.4) is 0 Å². The molecular weight excluding hydrogens is 435 g/mol. The van der Waals surface area contributed by atoms with Crippen molar-refractivity contribution in [2.24, 2.45) is 4.99 Å². The molecule has 0 aromatic heterocycles. The molecule has 2 aromatic rings. The van der Waals surface area contributed by atoms with Crippen molar-refractivity contribution in [3.8, 4) is 0 Å². The number of nitrogens with zero attached hydrogens (tertiary/aromatic N) is 2. The van der Waals surface area contributed by atoms with Gasteiger partial charge in [0.25, 0.3) is 0 Å². The SMILES string of the molecule is CCN(C)Cc1cccc(CNC(=NC)NC(C)c2ccccc2)c1.I. The summed E-state index contributed by atoms with van der Waals surface area (Å²) in [5, 5.41) is 6.85. The van der Waals surface area contributed by atoms with Gasteiger partial charge in [0, 0.05) is 20.1 Å². The van der Waals surface area contributed by atoms with Crippen LogP contribution in [-0.4, -0.2) is 31.5 Å². The van der Waals surface area contributed by atoms with Crippen molar-refractivity contribution in [1.29, 1.82) is 0 Å². The number of aliphatic imine (C=N–C) groups is 1. The summed E-state index contributed by atoms with van der Waals surface area (Å²) in [5.74, 6) is 0.812. The van der Waals surface area contributed by atoms with E-state index in [2.05, 4.69) is 90.0 Å². The molecule has 1 unspecified atom stereocenters. The van der Waals surface area contributed by atoms with Crippen LogP contribution in [0.15, 0.2) is 59.6 Å². The summed E-state index contributed by atoms with van der Waals surface area (Å²) in [6.45, 7) is 7.10. The molecule has 0 heterocycles. The number of halogens is 1. The van der Waals surface area contributed by atoms with Gasteiger partial charge in [0.15, 0.2) is 5.96 Å². The summed E-state index contributed by atoms with van der Waals surface area (Å²) < 4.78 is 0. The summed E-state index contributed by atoms with van der Waals surface area (Å²) in [4.78, 5) is 6.64. The smallest absolute Gasteiger partial charge is 0.191 e. The largest absolute Gasteiger partial charge is 0.352 e. The Kier molecular flexibility index (Phi) is 10.3. The Morgan fingerprint density at radius 2 is 1.77 bits per heavy atom. The number of nitrogens with one attached hydrogen (secondary N) is 2. The lowest BCUT2D eigenvalue weighted by Gasteiger charge is -2.19. The zero-order valence-electron chi connectivity index (χ0n) is 16.2. The van der Waals surface area contributed by atoms with E-state index in [0.717, 1.165) is 25.6 Å². The maximum absolute atomic E-state index is 4.34. The minimum absolute atomic E-state index is 0. The third-order valence-electron chi connectivity index (χ3n) is 4.32. The topological polar surface area (TPSA) is 39.7 Å². The minimum atomic E-state index is 0. The van der Waals surface area contributed by atoms with Crippen LogP contribution in [0.2, 0.25) is 0 Å². The summed E-state index contributed by atoms with van der Waals surface area (Å²) in [5.41, 5.74) is 3.84. The molecule has 1 atom stereocenters. The quantitative estimate of drug-likeness (QED) is 0.366. The Morgan fingerprint density at radius 1 is 1.08 bits per heavy atom. The fraction of sp³-hybridized carbons (Fsp3) is 0.381. The van der Waals surface area contributed by atoms with E-state index in [0.29, 0.717) is 0 Å². The molecule has 2 aromatic carbocycles. The van der Waals surface area contributed by atoms with Gasteiger partial charge < -0.3 is 15.5 Å². The Labute approximate surface area is 175 Å². The molecule has 0 aliphatic rings. The van der Waals surface area contributed by atoms with Gasteiger partial charge in [0.2, 0.25) is 0 Å². The zero-order valence-corrected chi connectivity index (χ0v) is 18.5. The Morgan fingerprint density at radius 3 is 2.42 bits per heavy atom. The van der Waals surface area contributed by atoms with Gasteiger partial charge in [0.1, 0.15) is 0 Å². The van der Waals surface area contributed by atoms with E-state index in [9.17, 15) is 0 Å². The molecule has 0 saturated carbocycles. The molecular formula is C21H31IN4.